The van der Waals surface area contributed by atoms with Crippen LogP contribution < -0.4 is 10.1 Å². The van der Waals surface area contributed by atoms with Gasteiger partial charge in [0.15, 0.2) is 12.6 Å². The average Bonchev–Trinajstić information content (AvgIpc) is 2.34. The zero-order valence-electron chi connectivity index (χ0n) is 10.5. The van der Waals surface area contributed by atoms with Gasteiger partial charge < -0.3 is 20.3 Å². The van der Waals surface area contributed by atoms with Crippen LogP contribution in [0.2, 0.25) is 0 Å². The molecule has 0 unspecified atom stereocenters. The molecule has 6 nitrogen and oxygen atoms in total. The van der Waals surface area contributed by atoms with E-state index < -0.39 is 24.0 Å². The number of hydrogen-bond donors (Lipinski definition) is 3. The third-order valence-electron chi connectivity index (χ3n) is 2.32. The summed E-state index contributed by atoms with van der Waals surface area (Å²) in [5, 5.41) is 20.2. The van der Waals surface area contributed by atoms with Gasteiger partial charge in [-0.2, -0.15) is 0 Å². The summed E-state index contributed by atoms with van der Waals surface area (Å²) < 4.78 is 6.77. The van der Waals surface area contributed by atoms with Gasteiger partial charge in [0.1, 0.15) is 5.75 Å². The second kappa shape index (κ2) is 7.61. The highest BCUT2D eigenvalue weighted by Crippen LogP contribution is 2.28. The Kier molecular flexibility index (Phi) is 6.44. The molecule has 0 bridgehead atoms. The van der Waals surface area contributed by atoms with Crippen molar-refractivity contribution in [3.05, 3.63) is 27.1 Å². The van der Waals surface area contributed by atoms with E-state index in [4.69, 9.17) is 9.84 Å². The lowest BCUT2D eigenvalue weighted by Crippen LogP contribution is -2.49. The minimum Gasteiger partial charge on any atom is -0.483 e. The maximum Gasteiger partial charge on any atom is 0.328 e. The Bertz CT molecular complexity index is 507. The number of carboxylic acids is 1. The van der Waals surface area contributed by atoms with Gasteiger partial charge in [-0.3, -0.25) is 4.79 Å². The minimum atomic E-state index is -1.36. The van der Waals surface area contributed by atoms with Crippen LogP contribution in [-0.2, 0) is 9.59 Å². The lowest BCUT2D eigenvalue weighted by molar-refractivity contribution is -0.145. The molecule has 1 aromatic carbocycles. The Labute approximate surface area is 132 Å². The summed E-state index contributed by atoms with van der Waals surface area (Å²) in [5.74, 6) is -1.49. The van der Waals surface area contributed by atoms with Crippen molar-refractivity contribution in [1.29, 1.82) is 0 Å². The molecule has 0 spiro atoms. The number of carboxylic acid groups (broad SMARTS) is 1. The fourth-order valence-corrected chi connectivity index (χ4v) is 2.50. The van der Waals surface area contributed by atoms with E-state index in [1.807, 2.05) is 0 Å². The number of benzene rings is 1. The number of aliphatic carboxylic acids is 1. The molecule has 0 aliphatic heterocycles. The zero-order valence-corrected chi connectivity index (χ0v) is 13.6. The monoisotopic (exact) mass is 409 g/mol. The van der Waals surface area contributed by atoms with E-state index in [9.17, 15) is 14.7 Å². The van der Waals surface area contributed by atoms with Gasteiger partial charge in [0.25, 0.3) is 5.91 Å². The van der Waals surface area contributed by atoms with Gasteiger partial charge in [-0.05, 0) is 41.1 Å². The third kappa shape index (κ3) is 5.10. The molecule has 1 amide bonds. The predicted molar refractivity (Wildman–Crippen MR) is 78.6 cm³/mol. The Morgan fingerprint density at radius 2 is 2.05 bits per heavy atom. The van der Waals surface area contributed by atoms with Crippen LogP contribution in [0.4, 0.5) is 0 Å². The van der Waals surface area contributed by atoms with E-state index in [1.54, 1.807) is 18.2 Å². The Morgan fingerprint density at radius 1 is 1.40 bits per heavy atom. The van der Waals surface area contributed by atoms with E-state index in [1.165, 1.54) is 6.92 Å². The van der Waals surface area contributed by atoms with Gasteiger partial charge in [0.2, 0.25) is 0 Å². The van der Waals surface area contributed by atoms with Crippen molar-refractivity contribution in [3.8, 4) is 5.75 Å². The molecule has 3 N–H and O–H groups in total. The van der Waals surface area contributed by atoms with Gasteiger partial charge in [-0.25, -0.2) is 4.79 Å². The van der Waals surface area contributed by atoms with E-state index in [-0.39, 0.29) is 6.61 Å². The molecule has 110 valence electrons. The molecule has 0 saturated carbocycles. The number of aliphatic hydroxyl groups excluding tert-OH is 1. The molecule has 0 saturated heterocycles. The largest absolute Gasteiger partial charge is 0.483 e. The summed E-state index contributed by atoms with van der Waals surface area (Å²) in [4.78, 5) is 22.4. The van der Waals surface area contributed by atoms with Crippen LogP contribution in [0.5, 0.6) is 5.75 Å². The first kappa shape index (κ1) is 16.9. The van der Waals surface area contributed by atoms with Gasteiger partial charge in [0, 0.05) is 4.47 Å². The Balaban J connectivity index is 2.57. The van der Waals surface area contributed by atoms with Crippen LogP contribution in [0, 0.1) is 0 Å². The number of amides is 1. The first-order chi connectivity index (χ1) is 9.31. The normalized spacial score (nSPS) is 13.4. The SMILES string of the molecule is C[C@@H](O)[C@H](NC(=O)COc1ccc(Br)cc1Br)C(=O)O. The summed E-state index contributed by atoms with van der Waals surface area (Å²) in [6.07, 6.45) is -1.20. The Morgan fingerprint density at radius 3 is 2.55 bits per heavy atom. The van der Waals surface area contributed by atoms with Crippen molar-refractivity contribution in [3.63, 3.8) is 0 Å². The van der Waals surface area contributed by atoms with Crippen molar-refractivity contribution < 1.29 is 24.5 Å². The van der Waals surface area contributed by atoms with Crippen LogP contribution in [0.3, 0.4) is 0 Å². The molecule has 0 aliphatic rings. The number of rotatable bonds is 6. The standard InChI is InChI=1S/C12H13Br2NO5/c1-6(16)11(12(18)19)15-10(17)5-20-9-3-2-7(13)4-8(9)14/h2-4,6,11,16H,5H2,1H3,(H,15,17)(H,18,19)/t6-,11+/m1/s1. The highest BCUT2D eigenvalue weighted by atomic mass is 79.9. The fourth-order valence-electron chi connectivity index (χ4n) is 1.34. The number of hydrogen-bond acceptors (Lipinski definition) is 4. The van der Waals surface area contributed by atoms with E-state index >= 15 is 0 Å². The van der Waals surface area contributed by atoms with Gasteiger partial charge in [-0.1, -0.05) is 15.9 Å². The number of aliphatic hydroxyl groups is 1. The minimum absolute atomic E-state index is 0.350. The predicted octanol–water partition coefficient (Wildman–Crippen LogP) is 1.54. The van der Waals surface area contributed by atoms with Gasteiger partial charge in [0.05, 0.1) is 10.6 Å². The molecule has 0 aromatic heterocycles. The summed E-state index contributed by atoms with van der Waals surface area (Å²) in [6, 6.07) is 3.79. The van der Waals surface area contributed by atoms with Crippen molar-refractivity contribution >= 4 is 43.7 Å². The lowest BCUT2D eigenvalue weighted by atomic mass is 10.2. The van der Waals surface area contributed by atoms with Crippen LogP contribution in [0.1, 0.15) is 6.92 Å². The molecular formula is C12H13Br2NO5. The summed E-state index contributed by atoms with van der Waals surface area (Å²) in [7, 11) is 0. The molecule has 8 heteroatoms. The number of carbonyl (C=O) groups is 2. The second-order valence-electron chi connectivity index (χ2n) is 3.99. The van der Waals surface area contributed by atoms with E-state index in [0.717, 1.165) is 4.47 Å². The zero-order chi connectivity index (χ0) is 15.3. The number of halogens is 2. The molecule has 20 heavy (non-hydrogen) atoms. The van der Waals surface area contributed by atoms with E-state index in [0.29, 0.717) is 10.2 Å². The summed E-state index contributed by atoms with van der Waals surface area (Å²) >= 11 is 6.56. The van der Waals surface area contributed by atoms with Crippen LogP contribution in [0.25, 0.3) is 0 Å². The molecule has 0 aliphatic carbocycles. The fraction of sp³-hybridized carbons (Fsp3) is 0.333. The maximum absolute atomic E-state index is 11.6. The van der Waals surface area contributed by atoms with Crippen LogP contribution in [-0.4, -0.2) is 40.8 Å². The van der Waals surface area contributed by atoms with Crippen molar-refractivity contribution in [2.75, 3.05) is 6.61 Å². The quantitative estimate of drug-likeness (QED) is 0.661. The topological polar surface area (TPSA) is 95.9 Å². The van der Waals surface area contributed by atoms with Crippen LogP contribution >= 0.6 is 31.9 Å². The maximum atomic E-state index is 11.6. The molecule has 0 heterocycles. The Hall–Kier alpha value is -1.12. The lowest BCUT2D eigenvalue weighted by Gasteiger charge is -2.17. The average molecular weight is 411 g/mol. The van der Waals surface area contributed by atoms with Crippen molar-refractivity contribution in [1.82, 2.24) is 5.32 Å². The second-order valence-corrected chi connectivity index (χ2v) is 5.76. The molecule has 0 radical (unpaired) electrons. The smallest absolute Gasteiger partial charge is 0.328 e. The number of ether oxygens (including phenoxy) is 1. The van der Waals surface area contributed by atoms with Crippen LogP contribution in [0.15, 0.2) is 27.1 Å². The summed E-state index contributed by atoms with van der Waals surface area (Å²) in [6.45, 7) is 0.933. The molecule has 2 atom stereocenters. The number of nitrogens with one attached hydrogen (secondary N) is 1. The number of carbonyl (C=O) groups excluding carboxylic acids is 1. The molecule has 1 aromatic rings. The molecule has 1 rings (SSSR count). The third-order valence-corrected chi connectivity index (χ3v) is 3.43. The first-order valence-electron chi connectivity index (χ1n) is 5.59. The first-order valence-corrected chi connectivity index (χ1v) is 7.18. The van der Waals surface area contributed by atoms with E-state index in [2.05, 4.69) is 37.2 Å². The summed E-state index contributed by atoms with van der Waals surface area (Å²) in [5.41, 5.74) is 0. The van der Waals surface area contributed by atoms with Crippen molar-refractivity contribution in [2.24, 2.45) is 0 Å². The van der Waals surface area contributed by atoms with Gasteiger partial charge >= 0.3 is 5.97 Å². The highest BCUT2D eigenvalue weighted by molar-refractivity contribution is 9.11. The van der Waals surface area contributed by atoms with Gasteiger partial charge in [-0.15, -0.1) is 0 Å². The van der Waals surface area contributed by atoms with Crippen molar-refractivity contribution in [2.45, 2.75) is 19.1 Å². The highest BCUT2D eigenvalue weighted by Gasteiger charge is 2.25. The molecular weight excluding hydrogens is 398 g/mol. The molecule has 0 fully saturated rings.